The van der Waals surface area contributed by atoms with Crippen molar-refractivity contribution in [1.82, 2.24) is 5.32 Å². The minimum atomic E-state index is -2.43. The van der Waals surface area contributed by atoms with Crippen molar-refractivity contribution in [3.05, 3.63) is 64.7 Å². The number of nitrogens with two attached hydrogens (primary N) is 1. The molecule has 2 aliphatic rings. The van der Waals surface area contributed by atoms with Crippen molar-refractivity contribution in [3.63, 3.8) is 0 Å². The van der Waals surface area contributed by atoms with Crippen LogP contribution in [0.2, 0.25) is 0 Å². The molecule has 1 saturated heterocycles. The van der Waals surface area contributed by atoms with Gasteiger partial charge >= 0.3 is 11.9 Å². The molecule has 0 saturated carbocycles. The van der Waals surface area contributed by atoms with Crippen LogP contribution in [0.1, 0.15) is 71.9 Å². The highest BCUT2D eigenvalue weighted by Gasteiger charge is 2.60. The minimum Gasteiger partial charge on any atom is -0.504 e. The smallest absolute Gasteiger partial charge is 0.344 e. The van der Waals surface area contributed by atoms with Gasteiger partial charge in [0.25, 0.3) is 0 Å². The van der Waals surface area contributed by atoms with Gasteiger partial charge in [-0.1, -0.05) is 44.2 Å². The predicted octanol–water partition coefficient (Wildman–Crippen LogP) is 2.21. The molecule has 0 unspecified atom stereocenters. The Kier molecular flexibility index (Phi) is 14.8. The molecule has 0 amide bonds. The summed E-state index contributed by atoms with van der Waals surface area (Å²) in [6, 6.07) is 11.5. The van der Waals surface area contributed by atoms with Crippen LogP contribution in [0.5, 0.6) is 34.5 Å². The van der Waals surface area contributed by atoms with Gasteiger partial charge in [0.2, 0.25) is 24.1 Å². The van der Waals surface area contributed by atoms with Crippen LogP contribution in [0, 0.1) is 5.92 Å². The van der Waals surface area contributed by atoms with Gasteiger partial charge in [-0.2, -0.15) is 0 Å². The van der Waals surface area contributed by atoms with E-state index in [0.717, 1.165) is 12.0 Å². The summed E-state index contributed by atoms with van der Waals surface area (Å²) >= 11 is 0. The number of aromatic hydroxyl groups is 2. The Morgan fingerprint density at radius 1 is 1.00 bits per heavy atom. The van der Waals surface area contributed by atoms with Crippen LogP contribution in [-0.2, 0) is 22.3 Å². The molecule has 7 atom stereocenters. The lowest BCUT2D eigenvalue weighted by Gasteiger charge is -2.50. The molecule has 1 spiro atoms. The number of aliphatic hydroxyl groups excluding tert-OH is 4. The van der Waals surface area contributed by atoms with Gasteiger partial charge < -0.3 is 80.5 Å². The maximum Gasteiger partial charge on any atom is 0.344 e. The third-order valence-corrected chi connectivity index (χ3v) is 10.4. The van der Waals surface area contributed by atoms with E-state index in [9.17, 15) is 45.3 Å². The number of nitrogens with zero attached hydrogens (tertiary/aromatic N) is 1. The number of benzene rings is 3. The van der Waals surface area contributed by atoms with Gasteiger partial charge in [-0.25, -0.2) is 9.59 Å². The summed E-state index contributed by atoms with van der Waals surface area (Å²) in [6.07, 6.45) is -9.51. The predicted molar refractivity (Wildman–Crippen MR) is 215 cm³/mol. The number of carboxylic acid groups (broad SMARTS) is 1. The largest absolute Gasteiger partial charge is 0.504 e. The molecule has 2 aliphatic heterocycles. The summed E-state index contributed by atoms with van der Waals surface area (Å²) in [5, 5.41) is 84.0. The number of fused-ring (bicyclic) bond motifs is 1. The fourth-order valence-corrected chi connectivity index (χ4v) is 7.03. The number of aliphatic hydroxyl groups is 4. The average molecular weight is 843 g/mol. The number of phenols is 2. The van der Waals surface area contributed by atoms with Crippen LogP contribution in [0.25, 0.3) is 0 Å². The lowest BCUT2D eigenvalue weighted by molar-refractivity contribution is -0.357. The summed E-state index contributed by atoms with van der Waals surface area (Å²) < 4.78 is 34.6. The van der Waals surface area contributed by atoms with Crippen molar-refractivity contribution in [2.45, 2.75) is 95.4 Å². The number of cyclic esters (lactones) is 1. The molecule has 3 aromatic rings. The van der Waals surface area contributed by atoms with Gasteiger partial charge in [0.05, 0.1) is 25.0 Å². The van der Waals surface area contributed by atoms with Crippen molar-refractivity contribution in [2.75, 3.05) is 32.8 Å². The first kappa shape index (κ1) is 45.4. The number of aromatic carboxylic acids is 1. The topological polar surface area (TPSA) is 294 Å². The quantitative estimate of drug-likeness (QED) is 0.0428. The second-order valence-electron chi connectivity index (χ2n) is 15.0. The molecule has 19 heteroatoms. The zero-order chi connectivity index (χ0) is 43.9. The molecule has 2 heterocycles. The number of carbonyl (C=O) groups excluding carboxylic acids is 1. The Morgan fingerprint density at radius 2 is 1.72 bits per heavy atom. The van der Waals surface area contributed by atoms with E-state index in [2.05, 4.69) is 29.5 Å². The number of hydrogen-bond donors (Lipinski definition) is 10. The first-order valence-corrected chi connectivity index (χ1v) is 19.4. The number of hydrogen-bond acceptors (Lipinski definition) is 16. The average Bonchev–Trinajstić information content (AvgIpc) is 3.21. The second kappa shape index (κ2) is 19.6. The Balaban J connectivity index is 1.50. The van der Waals surface area contributed by atoms with Gasteiger partial charge in [0.15, 0.2) is 41.3 Å². The maximum absolute atomic E-state index is 13.8. The number of carboxylic acids is 1. The highest BCUT2D eigenvalue weighted by molar-refractivity contribution is 5.97. The van der Waals surface area contributed by atoms with E-state index in [1.165, 1.54) is 26.3 Å². The number of nitrogens with one attached hydrogen (secondary N) is 2. The maximum atomic E-state index is 13.8. The molecule has 11 N–H and O–H groups in total. The molecule has 1 fully saturated rings. The van der Waals surface area contributed by atoms with Crippen molar-refractivity contribution in [2.24, 2.45) is 16.6 Å². The Bertz CT molecular complexity index is 2020. The van der Waals surface area contributed by atoms with Crippen LogP contribution in [0.3, 0.4) is 0 Å². The number of anilines is 1. The van der Waals surface area contributed by atoms with Crippen LogP contribution in [0.4, 0.5) is 5.69 Å². The molecule has 328 valence electrons. The summed E-state index contributed by atoms with van der Waals surface area (Å²) in [6.45, 7) is 5.64. The summed E-state index contributed by atoms with van der Waals surface area (Å²) in [7, 11) is 2.63. The van der Waals surface area contributed by atoms with E-state index in [4.69, 9.17) is 34.2 Å². The number of esters is 1. The van der Waals surface area contributed by atoms with Crippen molar-refractivity contribution in [1.29, 1.82) is 0 Å². The van der Waals surface area contributed by atoms with Gasteiger partial charge in [-0.3, -0.25) is 4.99 Å². The third kappa shape index (κ3) is 9.82. The van der Waals surface area contributed by atoms with E-state index in [1.807, 2.05) is 37.3 Å². The number of phenolic OH excluding ortho intramolecular Hbond substituents is 2. The van der Waals surface area contributed by atoms with Crippen molar-refractivity contribution < 1.29 is 73.8 Å². The molecule has 0 bridgehead atoms. The number of carbonyl (C=O) groups is 2. The van der Waals surface area contributed by atoms with Gasteiger partial charge in [0, 0.05) is 37.2 Å². The normalized spacial score (nSPS) is 23.5. The second-order valence-corrected chi connectivity index (χ2v) is 15.0. The Morgan fingerprint density at radius 3 is 2.37 bits per heavy atom. The molecule has 19 nitrogen and oxygen atoms in total. The highest BCUT2D eigenvalue weighted by Crippen LogP contribution is 2.51. The molecule has 60 heavy (non-hydrogen) atoms. The van der Waals surface area contributed by atoms with E-state index in [-0.39, 0.29) is 65.8 Å². The number of aliphatic imine (C=N–C) groups is 1. The minimum absolute atomic E-state index is 0.00209. The number of methoxy groups -OCH3 is 1. The van der Waals surface area contributed by atoms with Gasteiger partial charge in [-0.05, 0) is 44.1 Å². The molecule has 5 rings (SSSR count). The third-order valence-electron chi connectivity index (χ3n) is 10.4. The van der Waals surface area contributed by atoms with Crippen molar-refractivity contribution >= 4 is 23.6 Å². The van der Waals surface area contributed by atoms with Gasteiger partial charge in [0.1, 0.15) is 23.9 Å². The van der Waals surface area contributed by atoms with Crippen LogP contribution in [0.15, 0.2) is 47.5 Å². The first-order chi connectivity index (χ1) is 28.5. The summed E-state index contributed by atoms with van der Waals surface area (Å²) in [4.78, 5) is 30.0. The first-order valence-electron chi connectivity index (χ1n) is 19.4. The summed E-state index contributed by atoms with van der Waals surface area (Å²) in [5.74, 6) is -4.87. The molecule has 3 aromatic carbocycles. The van der Waals surface area contributed by atoms with Gasteiger partial charge in [-0.15, -0.1) is 0 Å². The number of ether oxygens (including phenoxy) is 6. The number of guanidine groups is 1. The zero-order valence-electron chi connectivity index (χ0n) is 34.0. The van der Waals surface area contributed by atoms with Crippen molar-refractivity contribution in [3.8, 4) is 34.5 Å². The molecular weight excluding hydrogens is 788 g/mol. The number of rotatable bonds is 16. The monoisotopic (exact) mass is 842 g/mol. The zero-order valence-corrected chi connectivity index (χ0v) is 34.0. The lowest BCUT2D eigenvalue weighted by Crippen LogP contribution is -2.70. The highest BCUT2D eigenvalue weighted by atomic mass is 16.7. The lowest BCUT2D eigenvalue weighted by atomic mass is 9.80. The summed E-state index contributed by atoms with van der Waals surface area (Å²) in [5.41, 5.74) is 3.49. The Hall–Kier alpha value is -5.73. The molecular formula is C41H54N4O15. The standard InChI is InChI=1S/C41H54N4O15/c1-20(2)11-12-21(3)45-25-18-27(26(17-24(25)36(51)52)57-19-44-40(42)43-4)58-38-31(48)30(47)35(50)41(60-38)15-13-23-28(37(53)59-39(41)54)29(46)34(32(49)33(23)55-5)56-16-14-22-9-7-6-8-10-22/h6-10,17-18,20-21,30-31,35,38-39,45-50,54H,11-16,19H2,1-5H3,(H,51,52)(H3,42,43,44)/t21-,30-,31-,35+,38-,39-,41+/m1/s1. The van der Waals surface area contributed by atoms with Crippen LogP contribution >= 0.6 is 0 Å². The molecule has 0 radical (unpaired) electrons. The molecule has 0 aliphatic carbocycles. The van der Waals surface area contributed by atoms with Crippen LogP contribution < -0.4 is 35.3 Å². The fraction of sp³-hybridized carbons (Fsp3) is 0.488. The van der Waals surface area contributed by atoms with E-state index < -0.39 is 77.7 Å². The van der Waals surface area contributed by atoms with Crippen LogP contribution in [-0.4, -0.2) is 124 Å². The van der Waals surface area contributed by atoms with E-state index in [1.54, 1.807) is 0 Å². The van der Waals surface area contributed by atoms with E-state index in [0.29, 0.717) is 18.8 Å². The fourth-order valence-electron chi connectivity index (χ4n) is 7.03. The Labute approximate surface area is 346 Å². The molecule has 0 aromatic heterocycles. The SMILES string of the molecule is CN=C(N)NCOc1cc(C(=O)O)c(N[C@H](C)CCC(C)C)cc1O[C@@H]1O[C@@]2(CCc3c(OC)c(O)c(OCCc4ccccc4)c(O)c3C(=O)O[C@H]2O)[C@@H](O)[C@H](O)[C@H]1O. The van der Waals surface area contributed by atoms with E-state index >= 15 is 0 Å².